The maximum Gasteiger partial charge on any atom is 0.0751 e. The Kier molecular flexibility index (Phi) is 7.62. The Morgan fingerprint density at radius 3 is 2.27 bits per heavy atom. The fourth-order valence-electron chi connectivity index (χ4n) is 0.546. The lowest BCUT2D eigenvalue weighted by atomic mass is 10.3. The van der Waals surface area contributed by atoms with Gasteiger partial charge in [-0.1, -0.05) is 0 Å². The Morgan fingerprint density at radius 2 is 2.00 bits per heavy atom. The molecule has 0 saturated carbocycles. The maximum absolute atomic E-state index is 5.51. The average molecular weight is 196 g/mol. The van der Waals surface area contributed by atoms with Crippen molar-refractivity contribution in [1.82, 2.24) is 9.97 Å². The van der Waals surface area contributed by atoms with Crippen LogP contribution in [-0.2, 0) is 0 Å². The molecule has 1 aromatic heterocycles. The van der Waals surface area contributed by atoms with Gasteiger partial charge in [-0.3, -0.25) is 9.97 Å². The van der Waals surface area contributed by atoms with E-state index in [1.165, 1.54) is 0 Å². The standard InChI is InChI=1S/C6H9N3.2ClH/c1-5(7)6-4-8-2-3-9-6;;/h2-5H,7H2,1H3;2*1H/t5-;;/m0../s1. The van der Waals surface area contributed by atoms with Crippen LogP contribution in [0.25, 0.3) is 0 Å². The van der Waals surface area contributed by atoms with Crippen LogP contribution in [0.3, 0.4) is 0 Å². The van der Waals surface area contributed by atoms with Gasteiger partial charge in [-0.25, -0.2) is 0 Å². The van der Waals surface area contributed by atoms with E-state index >= 15 is 0 Å². The zero-order valence-electron chi connectivity index (χ0n) is 6.10. The molecule has 0 unspecified atom stereocenters. The molecule has 2 N–H and O–H groups in total. The van der Waals surface area contributed by atoms with Crippen molar-refractivity contribution in [3.63, 3.8) is 0 Å². The van der Waals surface area contributed by atoms with Crippen molar-refractivity contribution in [2.24, 2.45) is 5.73 Å². The van der Waals surface area contributed by atoms with Gasteiger partial charge in [-0.2, -0.15) is 0 Å². The molecule has 5 heteroatoms. The molecule has 0 radical (unpaired) electrons. The molecule has 0 amide bonds. The molecule has 0 aliphatic rings. The molecular formula is C6H11Cl2N3. The molecule has 1 atom stereocenters. The first kappa shape index (κ1) is 13.2. The van der Waals surface area contributed by atoms with Crippen LogP contribution >= 0.6 is 24.8 Å². The molecule has 3 nitrogen and oxygen atoms in total. The van der Waals surface area contributed by atoms with Crippen molar-refractivity contribution in [2.45, 2.75) is 13.0 Å². The summed E-state index contributed by atoms with van der Waals surface area (Å²) >= 11 is 0. The molecule has 1 aromatic rings. The Balaban J connectivity index is 0. The highest BCUT2D eigenvalue weighted by molar-refractivity contribution is 5.85. The van der Waals surface area contributed by atoms with E-state index in [1.807, 2.05) is 6.92 Å². The molecule has 1 rings (SSSR count). The normalized spacial score (nSPS) is 10.7. The summed E-state index contributed by atoms with van der Waals surface area (Å²) in [4.78, 5) is 7.85. The molecule has 0 spiro atoms. The fraction of sp³-hybridized carbons (Fsp3) is 0.333. The Labute approximate surface area is 78.2 Å². The van der Waals surface area contributed by atoms with Gasteiger partial charge in [-0.15, -0.1) is 24.8 Å². The molecule has 0 aliphatic heterocycles. The topological polar surface area (TPSA) is 51.8 Å². The van der Waals surface area contributed by atoms with Gasteiger partial charge in [-0.05, 0) is 6.92 Å². The summed E-state index contributed by atoms with van der Waals surface area (Å²) in [6, 6.07) is -0.0151. The molecule has 0 fully saturated rings. The third-order valence-electron chi connectivity index (χ3n) is 1.05. The second-order valence-electron chi connectivity index (χ2n) is 1.92. The van der Waals surface area contributed by atoms with Gasteiger partial charge in [0.1, 0.15) is 0 Å². The van der Waals surface area contributed by atoms with E-state index < -0.39 is 0 Å². The van der Waals surface area contributed by atoms with Crippen LogP contribution in [0.15, 0.2) is 18.6 Å². The summed E-state index contributed by atoms with van der Waals surface area (Å²) < 4.78 is 0. The van der Waals surface area contributed by atoms with Crippen molar-refractivity contribution in [2.75, 3.05) is 0 Å². The van der Waals surface area contributed by atoms with Crippen molar-refractivity contribution < 1.29 is 0 Å². The highest BCUT2D eigenvalue weighted by Gasteiger charge is 1.96. The molecular weight excluding hydrogens is 185 g/mol. The van der Waals surface area contributed by atoms with E-state index in [-0.39, 0.29) is 30.9 Å². The minimum Gasteiger partial charge on any atom is -0.323 e. The van der Waals surface area contributed by atoms with E-state index in [9.17, 15) is 0 Å². The first-order valence-electron chi connectivity index (χ1n) is 2.82. The summed E-state index contributed by atoms with van der Waals surface area (Å²) in [6.07, 6.45) is 4.94. The van der Waals surface area contributed by atoms with Gasteiger partial charge >= 0.3 is 0 Å². The van der Waals surface area contributed by atoms with Gasteiger partial charge in [0.2, 0.25) is 0 Å². The number of hydrogen-bond acceptors (Lipinski definition) is 3. The van der Waals surface area contributed by atoms with Gasteiger partial charge in [0.15, 0.2) is 0 Å². The summed E-state index contributed by atoms with van der Waals surface area (Å²) in [5, 5.41) is 0. The van der Waals surface area contributed by atoms with Crippen LogP contribution in [0.2, 0.25) is 0 Å². The van der Waals surface area contributed by atoms with Crippen molar-refractivity contribution in [3.05, 3.63) is 24.3 Å². The van der Waals surface area contributed by atoms with Crippen LogP contribution < -0.4 is 5.73 Å². The van der Waals surface area contributed by atoms with Crippen LogP contribution in [-0.4, -0.2) is 9.97 Å². The van der Waals surface area contributed by atoms with E-state index in [0.717, 1.165) is 5.69 Å². The lowest BCUT2D eigenvalue weighted by Crippen LogP contribution is -2.06. The Bertz CT molecular complexity index is 178. The van der Waals surface area contributed by atoms with Gasteiger partial charge < -0.3 is 5.73 Å². The van der Waals surface area contributed by atoms with E-state index in [0.29, 0.717) is 0 Å². The van der Waals surface area contributed by atoms with Gasteiger partial charge in [0.25, 0.3) is 0 Å². The summed E-state index contributed by atoms with van der Waals surface area (Å²) in [5.74, 6) is 0. The van der Waals surface area contributed by atoms with E-state index in [1.54, 1.807) is 18.6 Å². The number of nitrogens with two attached hydrogens (primary N) is 1. The van der Waals surface area contributed by atoms with Gasteiger partial charge in [0.05, 0.1) is 5.69 Å². The summed E-state index contributed by atoms with van der Waals surface area (Å²) in [7, 11) is 0. The largest absolute Gasteiger partial charge is 0.323 e. The first-order chi connectivity index (χ1) is 4.30. The quantitative estimate of drug-likeness (QED) is 0.737. The smallest absolute Gasteiger partial charge is 0.0751 e. The first-order valence-corrected chi connectivity index (χ1v) is 2.82. The minimum absolute atomic E-state index is 0. The molecule has 11 heavy (non-hydrogen) atoms. The van der Waals surface area contributed by atoms with Crippen molar-refractivity contribution in [3.8, 4) is 0 Å². The van der Waals surface area contributed by atoms with Crippen LogP contribution in [0.4, 0.5) is 0 Å². The Hall–Kier alpha value is -0.380. The van der Waals surface area contributed by atoms with Crippen LogP contribution in [0.1, 0.15) is 18.7 Å². The number of rotatable bonds is 1. The predicted octanol–water partition coefficient (Wildman–Crippen LogP) is 1.34. The lowest BCUT2D eigenvalue weighted by molar-refractivity contribution is 0.772. The number of nitrogens with zero attached hydrogens (tertiary/aromatic N) is 2. The third-order valence-corrected chi connectivity index (χ3v) is 1.05. The molecule has 1 heterocycles. The van der Waals surface area contributed by atoms with Crippen molar-refractivity contribution >= 4 is 24.8 Å². The van der Waals surface area contributed by atoms with Crippen molar-refractivity contribution in [1.29, 1.82) is 0 Å². The monoisotopic (exact) mass is 195 g/mol. The fourth-order valence-corrected chi connectivity index (χ4v) is 0.546. The lowest BCUT2D eigenvalue weighted by Gasteiger charge is -1.99. The summed E-state index contributed by atoms with van der Waals surface area (Å²) in [6.45, 7) is 1.88. The number of aromatic nitrogens is 2. The minimum atomic E-state index is -0.0151. The predicted molar refractivity (Wildman–Crippen MR) is 49.1 cm³/mol. The highest BCUT2D eigenvalue weighted by atomic mass is 35.5. The average Bonchev–Trinajstić information content (AvgIpc) is 1.90. The van der Waals surface area contributed by atoms with E-state index in [4.69, 9.17) is 5.73 Å². The molecule has 0 aromatic carbocycles. The van der Waals surface area contributed by atoms with E-state index in [2.05, 4.69) is 9.97 Å². The maximum atomic E-state index is 5.51. The highest BCUT2D eigenvalue weighted by Crippen LogP contribution is 2.00. The molecule has 64 valence electrons. The zero-order chi connectivity index (χ0) is 6.69. The Morgan fingerprint density at radius 1 is 1.36 bits per heavy atom. The van der Waals surface area contributed by atoms with Crippen LogP contribution in [0.5, 0.6) is 0 Å². The third kappa shape index (κ3) is 4.14. The molecule has 0 saturated heterocycles. The SMILES string of the molecule is C[C@H](N)c1cnccn1.Cl.Cl. The van der Waals surface area contributed by atoms with Gasteiger partial charge in [0, 0.05) is 24.6 Å². The van der Waals surface area contributed by atoms with Crippen LogP contribution in [0, 0.1) is 0 Å². The summed E-state index contributed by atoms with van der Waals surface area (Å²) in [5.41, 5.74) is 6.34. The zero-order valence-corrected chi connectivity index (χ0v) is 7.73. The number of halogens is 2. The second kappa shape index (κ2) is 6.34. The second-order valence-corrected chi connectivity index (χ2v) is 1.92. The molecule has 0 aliphatic carbocycles. The molecule has 0 bridgehead atoms. The number of hydrogen-bond donors (Lipinski definition) is 1.